The van der Waals surface area contributed by atoms with Crippen LogP contribution in [0.1, 0.15) is 15.9 Å². The van der Waals surface area contributed by atoms with Crippen molar-refractivity contribution in [2.75, 3.05) is 7.11 Å². The standard InChI is InChI=1S/C18H10BrClF2O2/c1-24-18-14(21)6-9(7-15(18)22)17(23)12-8-13(19)10-4-2-3-5-11(10)16(12)20/h2-8H,1H3. The van der Waals surface area contributed by atoms with Gasteiger partial charge in [0.2, 0.25) is 0 Å². The maximum atomic E-state index is 13.9. The Morgan fingerprint density at radius 3 is 2.25 bits per heavy atom. The molecule has 0 spiro atoms. The molecule has 0 unspecified atom stereocenters. The molecule has 0 atom stereocenters. The van der Waals surface area contributed by atoms with Crippen molar-refractivity contribution in [3.8, 4) is 5.75 Å². The van der Waals surface area contributed by atoms with E-state index < -0.39 is 23.2 Å². The number of fused-ring (bicyclic) bond motifs is 1. The molecule has 2 nitrogen and oxygen atoms in total. The molecule has 0 N–H and O–H groups in total. The summed E-state index contributed by atoms with van der Waals surface area (Å²) in [5, 5.41) is 1.74. The molecule has 0 aliphatic heterocycles. The van der Waals surface area contributed by atoms with E-state index in [0.717, 1.165) is 24.6 Å². The molecule has 0 saturated heterocycles. The van der Waals surface area contributed by atoms with Crippen LogP contribution in [0.3, 0.4) is 0 Å². The van der Waals surface area contributed by atoms with Crippen LogP contribution in [-0.4, -0.2) is 12.9 Å². The van der Waals surface area contributed by atoms with Crippen LogP contribution in [-0.2, 0) is 0 Å². The quantitative estimate of drug-likeness (QED) is 0.511. The Bertz CT molecular complexity index is 950. The summed E-state index contributed by atoms with van der Waals surface area (Å²) in [5.74, 6) is -3.00. The number of carbonyl (C=O) groups is 1. The Morgan fingerprint density at radius 1 is 1.08 bits per heavy atom. The molecule has 6 heteroatoms. The van der Waals surface area contributed by atoms with Gasteiger partial charge in [0.15, 0.2) is 23.2 Å². The van der Waals surface area contributed by atoms with Crippen LogP contribution in [0.5, 0.6) is 5.75 Å². The van der Waals surface area contributed by atoms with E-state index in [9.17, 15) is 13.6 Å². The van der Waals surface area contributed by atoms with Crippen LogP contribution in [0.2, 0.25) is 5.02 Å². The smallest absolute Gasteiger partial charge is 0.194 e. The Hall–Kier alpha value is -1.98. The first-order valence-electron chi connectivity index (χ1n) is 6.88. The van der Waals surface area contributed by atoms with Gasteiger partial charge in [-0.15, -0.1) is 0 Å². The molecular weight excluding hydrogens is 402 g/mol. The lowest BCUT2D eigenvalue weighted by Gasteiger charge is -2.11. The number of ether oxygens (including phenoxy) is 1. The van der Waals surface area contributed by atoms with Crippen LogP contribution < -0.4 is 4.74 Å². The van der Waals surface area contributed by atoms with E-state index in [-0.39, 0.29) is 16.1 Å². The first-order valence-corrected chi connectivity index (χ1v) is 8.05. The van der Waals surface area contributed by atoms with Gasteiger partial charge in [-0.05, 0) is 23.6 Å². The summed E-state index contributed by atoms with van der Waals surface area (Å²) < 4.78 is 33.0. The summed E-state index contributed by atoms with van der Waals surface area (Å²) in [4.78, 5) is 12.7. The zero-order chi connectivity index (χ0) is 17.4. The highest BCUT2D eigenvalue weighted by Crippen LogP contribution is 2.35. The predicted octanol–water partition coefficient (Wildman–Crippen LogP) is 5.77. The van der Waals surface area contributed by atoms with Gasteiger partial charge in [0.05, 0.1) is 12.1 Å². The second kappa shape index (κ2) is 6.49. The zero-order valence-electron chi connectivity index (χ0n) is 12.4. The third kappa shape index (κ3) is 2.78. The van der Waals surface area contributed by atoms with Gasteiger partial charge >= 0.3 is 0 Å². The maximum absolute atomic E-state index is 13.9. The van der Waals surface area contributed by atoms with Gasteiger partial charge in [-0.1, -0.05) is 51.8 Å². The van der Waals surface area contributed by atoms with Gasteiger partial charge in [0.25, 0.3) is 0 Å². The van der Waals surface area contributed by atoms with Gasteiger partial charge in [-0.25, -0.2) is 8.78 Å². The second-order valence-electron chi connectivity index (χ2n) is 5.07. The Balaban J connectivity index is 2.18. The van der Waals surface area contributed by atoms with E-state index >= 15 is 0 Å². The molecule has 122 valence electrons. The molecule has 0 fully saturated rings. The number of hydrogen-bond acceptors (Lipinski definition) is 2. The van der Waals surface area contributed by atoms with Crippen LogP contribution in [0.25, 0.3) is 10.8 Å². The van der Waals surface area contributed by atoms with E-state index in [4.69, 9.17) is 11.6 Å². The molecule has 0 amide bonds. The first kappa shape index (κ1) is 16.9. The number of hydrogen-bond donors (Lipinski definition) is 0. The highest BCUT2D eigenvalue weighted by atomic mass is 79.9. The molecule has 0 aliphatic rings. The fraction of sp³-hybridized carbons (Fsp3) is 0.0556. The normalized spacial score (nSPS) is 10.9. The first-order chi connectivity index (χ1) is 11.4. The van der Waals surface area contributed by atoms with E-state index in [1.54, 1.807) is 18.2 Å². The molecule has 0 saturated carbocycles. The van der Waals surface area contributed by atoms with Crippen molar-refractivity contribution in [1.29, 1.82) is 0 Å². The van der Waals surface area contributed by atoms with Gasteiger partial charge in [-0.2, -0.15) is 0 Å². The molecule has 0 aromatic heterocycles. The number of rotatable bonds is 3. The lowest BCUT2D eigenvalue weighted by molar-refractivity contribution is 0.103. The molecule has 0 heterocycles. The molecule has 0 bridgehead atoms. The van der Waals surface area contributed by atoms with Crippen LogP contribution in [0.15, 0.2) is 46.9 Å². The Morgan fingerprint density at radius 2 is 1.67 bits per heavy atom. The largest absolute Gasteiger partial charge is 0.491 e. The van der Waals surface area contributed by atoms with Crippen LogP contribution >= 0.6 is 27.5 Å². The average Bonchev–Trinajstić information content (AvgIpc) is 2.57. The topological polar surface area (TPSA) is 26.3 Å². The van der Waals surface area contributed by atoms with E-state index in [0.29, 0.717) is 9.86 Å². The molecule has 3 rings (SSSR count). The zero-order valence-corrected chi connectivity index (χ0v) is 14.7. The third-order valence-electron chi connectivity index (χ3n) is 3.64. The third-order valence-corrected chi connectivity index (χ3v) is 4.70. The van der Waals surface area contributed by atoms with Crippen molar-refractivity contribution in [1.82, 2.24) is 0 Å². The van der Waals surface area contributed by atoms with Crippen molar-refractivity contribution in [2.45, 2.75) is 0 Å². The average molecular weight is 412 g/mol. The van der Waals surface area contributed by atoms with E-state index in [2.05, 4.69) is 20.7 Å². The Kier molecular flexibility index (Phi) is 4.56. The van der Waals surface area contributed by atoms with Gasteiger partial charge in [0, 0.05) is 21.0 Å². The number of carbonyl (C=O) groups excluding carboxylic acids is 1. The number of methoxy groups -OCH3 is 1. The highest BCUT2D eigenvalue weighted by Gasteiger charge is 2.20. The molecule has 24 heavy (non-hydrogen) atoms. The summed E-state index contributed by atoms with van der Waals surface area (Å²) in [6, 6.07) is 10.7. The van der Waals surface area contributed by atoms with Crippen LogP contribution in [0.4, 0.5) is 8.78 Å². The molecule has 0 radical (unpaired) electrons. The SMILES string of the molecule is COc1c(F)cc(C(=O)c2cc(Br)c3ccccc3c2Cl)cc1F. The lowest BCUT2D eigenvalue weighted by Crippen LogP contribution is -2.05. The summed E-state index contributed by atoms with van der Waals surface area (Å²) in [6.07, 6.45) is 0. The van der Waals surface area contributed by atoms with E-state index in [1.165, 1.54) is 0 Å². The summed E-state index contributed by atoms with van der Waals surface area (Å²) in [6.45, 7) is 0. The van der Waals surface area contributed by atoms with Gasteiger partial charge in [0.1, 0.15) is 0 Å². The number of halogens is 4. The molecule has 3 aromatic carbocycles. The van der Waals surface area contributed by atoms with Gasteiger partial charge < -0.3 is 4.74 Å². The molecular formula is C18H10BrClF2O2. The van der Waals surface area contributed by atoms with E-state index in [1.807, 2.05) is 12.1 Å². The fourth-order valence-electron chi connectivity index (χ4n) is 2.50. The summed E-state index contributed by atoms with van der Waals surface area (Å²) in [5.41, 5.74) is 0.0149. The monoisotopic (exact) mass is 410 g/mol. The van der Waals surface area contributed by atoms with Crippen molar-refractivity contribution in [2.24, 2.45) is 0 Å². The van der Waals surface area contributed by atoms with Crippen molar-refractivity contribution in [3.63, 3.8) is 0 Å². The minimum atomic E-state index is -0.947. The number of ketones is 1. The number of benzene rings is 3. The minimum Gasteiger partial charge on any atom is -0.491 e. The second-order valence-corrected chi connectivity index (χ2v) is 6.30. The van der Waals surface area contributed by atoms with Crippen molar-refractivity contribution in [3.05, 3.63) is 74.7 Å². The molecule has 0 aliphatic carbocycles. The lowest BCUT2D eigenvalue weighted by atomic mass is 9.99. The predicted molar refractivity (Wildman–Crippen MR) is 93.0 cm³/mol. The summed E-state index contributed by atoms with van der Waals surface area (Å²) in [7, 11) is 1.15. The molecule has 3 aromatic rings. The van der Waals surface area contributed by atoms with Crippen LogP contribution in [0, 0.1) is 11.6 Å². The van der Waals surface area contributed by atoms with Gasteiger partial charge in [-0.3, -0.25) is 4.79 Å². The fourth-order valence-corrected chi connectivity index (χ4v) is 3.38. The maximum Gasteiger partial charge on any atom is 0.194 e. The highest BCUT2D eigenvalue weighted by molar-refractivity contribution is 9.10. The Labute approximate surface area is 150 Å². The van der Waals surface area contributed by atoms with Crippen molar-refractivity contribution >= 4 is 44.1 Å². The van der Waals surface area contributed by atoms with Crippen molar-refractivity contribution < 1.29 is 18.3 Å². The minimum absolute atomic E-state index is 0.144. The summed E-state index contributed by atoms with van der Waals surface area (Å²) >= 11 is 9.74.